The Balaban J connectivity index is 1.76. The van der Waals surface area contributed by atoms with Gasteiger partial charge in [-0.05, 0) is 31.4 Å². The minimum atomic E-state index is -3.34. The van der Waals surface area contributed by atoms with Gasteiger partial charge in [0.1, 0.15) is 4.21 Å². The highest BCUT2D eigenvalue weighted by atomic mass is 32.2. The van der Waals surface area contributed by atoms with Gasteiger partial charge in [-0.1, -0.05) is 0 Å². The zero-order valence-electron chi connectivity index (χ0n) is 11.6. The second kappa shape index (κ2) is 5.73. The molecule has 1 aromatic rings. The maximum Gasteiger partial charge on any atom is 0.252 e. The van der Waals surface area contributed by atoms with Crippen LogP contribution in [0.4, 0.5) is 0 Å². The SMILES string of the molecule is Cc1cc(S(=O)(=O)N2CCOCC2)sc1CNC1CC1. The Hall–Kier alpha value is -0.470. The lowest BCUT2D eigenvalue weighted by Gasteiger charge is -2.25. The molecule has 0 atom stereocenters. The van der Waals surface area contributed by atoms with Gasteiger partial charge in [-0.2, -0.15) is 4.31 Å². The molecular weight excluding hydrogens is 296 g/mol. The van der Waals surface area contributed by atoms with Gasteiger partial charge in [0.2, 0.25) is 0 Å². The van der Waals surface area contributed by atoms with E-state index in [1.807, 2.05) is 6.92 Å². The molecular formula is C13H20N2O3S2. The van der Waals surface area contributed by atoms with Crippen LogP contribution in [0, 0.1) is 6.92 Å². The molecule has 1 aliphatic carbocycles. The van der Waals surface area contributed by atoms with Crippen molar-refractivity contribution in [3.05, 3.63) is 16.5 Å². The molecule has 0 radical (unpaired) electrons. The molecule has 20 heavy (non-hydrogen) atoms. The third kappa shape index (κ3) is 3.07. The lowest BCUT2D eigenvalue weighted by atomic mass is 10.3. The second-order valence-corrected chi connectivity index (χ2v) is 8.64. The van der Waals surface area contributed by atoms with Crippen molar-refractivity contribution in [3.8, 4) is 0 Å². The Morgan fingerprint density at radius 2 is 2.10 bits per heavy atom. The first-order chi connectivity index (χ1) is 9.57. The first-order valence-corrected chi connectivity index (χ1v) is 9.23. The molecule has 3 rings (SSSR count). The fourth-order valence-corrected chi connectivity index (χ4v) is 5.33. The highest BCUT2D eigenvalue weighted by Gasteiger charge is 2.29. The van der Waals surface area contributed by atoms with Crippen LogP contribution in [0.2, 0.25) is 0 Å². The van der Waals surface area contributed by atoms with E-state index in [0.29, 0.717) is 36.6 Å². The fourth-order valence-electron chi connectivity index (χ4n) is 2.23. The maximum atomic E-state index is 12.6. The summed E-state index contributed by atoms with van der Waals surface area (Å²) in [7, 11) is -3.34. The van der Waals surface area contributed by atoms with Crippen molar-refractivity contribution in [3.63, 3.8) is 0 Å². The summed E-state index contributed by atoms with van der Waals surface area (Å²) in [5.41, 5.74) is 1.06. The van der Waals surface area contributed by atoms with Gasteiger partial charge in [-0.3, -0.25) is 0 Å². The summed E-state index contributed by atoms with van der Waals surface area (Å²) in [5, 5.41) is 3.44. The van der Waals surface area contributed by atoms with E-state index < -0.39 is 10.0 Å². The monoisotopic (exact) mass is 316 g/mol. The number of hydrogen-bond acceptors (Lipinski definition) is 5. The molecule has 1 aliphatic heterocycles. The van der Waals surface area contributed by atoms with Gasteiger partial charge in [0.15, 0.2) is 0 Å². The normalized spacial score (nSPS) is 21.2. The predicted molar refractivity (Wildman–Crippen MR) is 78.5 cm³/mol. The topological polar surface area (TPSA) is 58.6 Å². The van der Waals surface area contributed by atoms with E-state index in [0.717, 1.165) is 17.0 Å². The van der Waals surface area contributed by atoms with Crippen molar-refractivity contribution in [1.29, 1.82) is 0 Å². The van der Waals surface area contributed by atoms with E-state index in [4.69, 9.17) is 4.74 Å². The molecule has 1 saturated carbocycles. The van der Waals surface area contributed by atoms with Crippen molar-refractivity contribution in [2.24, 2.45) is 0 Å². The van der Waals surface area contributed by atoms with E-state index in [9.17, 15) is 8.42 Å². The lowest BCUT2D eigenvalue weighted by Crippen LogP contribution is -2.40. The Morgan fingerprint density at radius 1 is 1.40 bits per heavy atom. The molecule has 0 unspecified atom stereocenters. The van der Waals surface area contributed by atoms with Crippen LogP contribution in [0.5, 0.6) is 0 Å². The number of aryl methyl sites for hydroxylation is 1. The van der Waals surface area contributed by atoms with Crippen molar-refractivity contribution in [2.75, 3.05) is 26.3 Å². The van der Waals surface area contributed by atoms with Gasteiger partial charge in [-0.15, -0.1) is 11.3 Å². The summed E-state index contributed by atoms with van der Waals surface area (Å²) in [5.74, 6) is 0. The van der Waals surface area contributed by atoms with Gasteiger partial charge in [0, 0.05) is 30.6 Å². The molecule has 1 N–H and O–H groups in total. The smallest absolute Gasteiger partial charge is 0.252 e. The standard InChI is InChI=1S/C13H20N2O3S2/c1-10-8-13(19-12(10)9-14-11-2-3-11)20(16,17)15-4-6-18-7-5-15/h8,11,14H,2-7,9H2,1H3. The third-order valence-electron chi connectivity index (χ3n) is 3.69. The molecule has 2 fully saturated rings. The van der Waals surface area contributed by atoms with Crippen molar-refractivity contribution in [2.45, 2.75) is 36.6 Å². The molecule has 0 bridgehead atoms. The molecule has 1 aromatic heterocycles. The van der Waals surface area contributed by atoms with Gasteiger partial charge in [0.05, 0.1) is 13.2 Å². The number of ether oxygens (including phenoxy) is 1. The molecule has 7 heteroatoms. The average Bonchev–Trinajstić information content (AvgIpc) is 3.20. The molecule has 2 heterocycles. The zero-order valence-corrected chi connectivity index (χ0v) is 13.2. The molecule has 0 aromatic carbocycles. The molecule has 5 nitrogen and oxygen atoms in total. The van der Waals surface area contributed by atoms with E-state index in [1.165, 1.54) is 28.5 Å². The minimum absolute atomic E-state index is 0.453. The molecule has 2 aliphatic rings. The number of thiophene rings is 1. The number of nitrogens with one attached hydrogen (secondary N) is 1. The summed E-state index contributed by atoms with van der Waals surface area (Å²) >= 11 is 1.40. The Labute approximate surface area is 124 Å². The largest absolute Gasteiger partial charge is 0.379 e. The fraction of sp³-hybridized carbons (Fsp3) is 0.692. The van der Waals surface area contributed by atoms with Gasteiger partial charge >= 0.3 is 0 Å². The van der Waals surface area contributed by atoms with Crippen LogP contribution in [0.1, 0.15) is 23.3 Å². The van der Waals surface area contributed by atoms with E-state index in [-0.39, 0.29) is 0 Å². The molecule has 112 valence electrons. The van der Waals surface area contributed by atoms with Gasteiger partial charge in [0.25, 0.3) is 10.0 Å². The first-order valence-electron chi connectivity index (χ1n) is 6.98. The van der Waals surface area contributed by atoms with Gasteiger partial charge < -0.3 is 10.1 Å². The quantitative estimate of drug-likeness (QED) is 0.890. The maximum absolute atomic E-state index is 12.6. The zero-order chi connectivity index (χ0) is 14.2. The molecule has 0 spiro atoms. The lowest BCUT2D eigenvalue weighted by molar-refractivity contribution is 0.0731. The number of morpholine rings is 1. The van der Waals surface area contributed by atoms with Crippen molar-refractivity contribution in [1.82, 2.24) is 9.62 Å². The summed E-state index contributed by atoms with van der Waals surface area (Å²) in [4.78, 5) is 1.13. The van der Waals surface area contributed by atoms with Crippen LogP contribution >= 0.6 is 11.3 Å². The van der Waals surface area contributed by atoms with Crippen molar-refractivity contribution < 1.29 is 13.2 Å². The average molecular weight is 316 g/mol. The molecule has 0 amide bonds. The number of hydrogen-bond donors (Lipinski definition) is 1. The number of rotatable bonds is 5. The van der Waals surface area contributed by atoms with Crippen LogP contribution in [-0.4, -0.2) is 45.1 Å². The second-order valence-electron chi connectivity index (χ2n) is 5.34. The molecule has 1 saturated heterocycles. The van der Waals surface area contributed by atoms with E-state index in [1.54, 1.807) is 6.07 Å². The van der Waals surface area contributed by atoms with Gasteiger partial charge in [-0.25, -0.2) is 8.42 Å². The Bertz CT molecular complexity index is 572. The minimum Gasteiger partial charge on any atom is -0.379 e. The highest BCUT2D eigenvalue weighted by molar-refractivity contribution is 7.91. The highest BCUT2D eigenvalue weighted by Crippen LogP contribution is 2.29. The van der Waals surface area contributed by atoms with Crippen LogP contribution < -0.4 is 5.32 Å². The van der Waals surface area contributed by atoms with Crippen LogP contribution in [0.15, 0.2) is 10.3 Å². The van der Waals surface area contributed by atoms with Crippen LogP contribution in [0.3, 0.4) is 0 Å². The van der Waals surface area contributed by atoms with Crippen molar-refractivity contribution >= 4 is 21.4 Å². The van der Waals surface area contributed by atoms with Crippen LogP contribution in [-0.2, 0) is 21.3 Å². The number of nitrogens with zero attached hydrogens (tertiary/aromatic N) is 1. The Morgan fingerprint density at radius 3 is 2.75 bits per heavy atom. The van der Waals surface area contributed by atoms with E-state index in [2.05, 4.69) is 5.32 Å². The van der Waals surface area contributed by atoms with Crippen LogP contribution in [0.25, 0.3) is 0 Å². The summed E-state index contributed by atoms with van der Waals surface area (Å²) < 4.78 is 32.3. The third-order valence-corrected chi connectivity index (χ3v) is 7.28. The first kappa shape index (κ1) is 14.5. The summed E-state index contributed by atoms with van der Waals surface area (Å²) in [6.07, 6.45) is 2.48. The Kier molecular flexibility index (Phi) is 4.14. The number of sulfonamides is 1. The van der Waals surface area contributed by atoms with E-state index >= 15 is 0 Å². The predicted octanol–water partition coefficient (Wildman–Crippen LogP) is 1.33. The summed E-state index contributed by atoms with van der Waals surface area (Å²) in [6, 6.07) is 2.44. The summed E-state index contributed by atoms with van der Waals surface area (Å²) in [6.45, 7) is 4.64.